The van der Waals surface area contributed by atoms with E-state index in [2.05, 4.69) is 6.07 Å². The van der Waals surface area contributed by atoms with Crippen LogP contribution in [0, 0.1) is 46.2 Å². The Morgan fingerprint density at radius 1 is 1.12 bits per heavy atom. The highest BCUT2D eigenvalue weighted by Crippen LogP contribution is 2.62. The Hall–Kier alpha value is -2.62. The quantitative estimate of drug-likeness (QED) is 0.654. The van der Waals surface area contributed by atoms with Gasteiger partial charge in [0.15, 0.2) is 0 Å². The van der Waals surface area contributed by atoms with Gasteiger partial charge in [0, 0.05) is 12.6 Å². The van der Waals surface area contributed by atoms with Crippen molar-refractivity contribution in [1.29, 1.82) is 5.26 Å². The molecule has 1 aromatic rings. The summed E-state index contributed by atoms with van der Waals surface area (Å²) in [5, 5.41) is 19.7. The van der Waals surface area contributed by atoms with Gasteiger partial charge in [-0.15, -0.1) is 0 Å². The Bertz CT molecular complexity index is 1050. The van der Waals surface area contributed by atoms with Crippen LogP contribution in [0.25, 0.3) is 0 Å². The monoisotopic (exact) mass is 466 g/mol. The van der Waals surface area contributed by atoms with Gasteiger partial charge in [-0.3, -0.25) is 4.79 Å². The first-order valence-corrected chi connectivity index (χ1v) is 12.8. The van der Waals surface area contributed by atoms with E-state index in [4.69, 9.17) is 4.74 Å². The summed E-state index contributed by atoms with van der Waals surface area (Å²) in [7, 11) is 0. The van der Waals surface area contributed by atoms with Crippen LogP contribution < -0.4 is 4.74 Å². The number of nitriles is 1. The molecule has 1 aromatic carbocycles. The lowest BCUT2D eigenvalue weighted by Crippen LogP contribution is -2.54. The molecule has 1 atom stereocenters. The zero-order valence-electron chi connectivity index (χ0n) is 19.3. The van der Waals surface area contributed by atoms with E-state index < -0.39 is 29.2 Å². The van der Waals surface area contributed by atoms with Crippen LogP contribution in [0.4, 0.5) is 4.39 Å². The maximum Gasteiger partial charge on any atom is 0.326 e. The average molecular weight is 467 g/mol. The van der Waals surface area contributed by atoms with Crippen molar-refractivity contribution >= 4 is 11.9 Å². The number of rotatable bonds is 6. The highest BCUT2D eigenvalue weighted by Gasteiger charge is 2.58. The maximum absolute atomic E-state index is 15.2. The Morgan fingerprint density at radius 2 is 1.79 bits per heavy atom. The van der Waals surface area contributed by atoms with Crippen molar-refractivity contribution in [2.45, 2.75) is 69.7 Å². The van der Waals surface area contributed by atoms with E-state index in [9.17, 15) is 20.0 Å². The predicted molar refractivity (Wildman–Crippen MR) is 121 cm³/mol. The molecule has 6 nitrogen and oxygen atoms in total. The Labute approximate surface area is 199 Å². The van der Waals surface area contributed by atoms with Crippen LogP contribution >= 0.6 is 0 Å². The van der Waals surface area contributed by atoms with Crippen molar-refractivity contribution in [3.05, 3.63) is 29.1 Å². The number of carbonyl (C=O) groups excluding carboxylic acids is 1. The van der Waals surface area contributed by atoms with Crippen molar-refractivity contribution < 1.29 is 23.8 Å². The molecule has 6 fully saturated rings. The van der Waals surface area contributed by atoms with Crippen LogP contribution in [0.2, 0.25) is 0 Å². The van der Waals surface area contributed by atoms with Crippen molar-refractivity contribution in [3.8, 4) is 11.8 Å². The van der Waals surface area contributed by atoms with Gasteiger partial charge in [-0.05, 0) is 99.0 Å². The lowest BCUT2D eigenvalue weighted by atomic mass is 9.46. The number of carboxylic acid groups (broad SMARTS) is 1. The average Bonchev–Trinajstić information content (AvgIpc) is 3.53. The number of benzene rings is 1. The third kappa shape index (κ3) is 3.40. The minimum absolute atomic E-state index is 0.0768. The molecule has 1 unspecified atom stereocenters. The minimum atomic E-state index is -1.05. The summed E-state index contributed by atoms with van der Waals surface area (Å²) in [4.78, 5) is 25.9. The molecule has 6 aliphatic rings. The molecule has 1 amide bonds. The second-order valence-corrected chi connectivity index (χ2v) is 11.4. The van der Waals surface area contributed by atoms with Gasteiger partial charge in [-0.1, -0.05) is 0 Å². The van der Waals surface area contributed by atoms with E-state index in [-0.39, 0.29) is 18.1 Å². The van der Waals surface area contributed by atoms with Gasteiger partial charge in [0.25, 0.3) is 5.91 Å². The van der Waals surface area contributed by atoms with E-state index in [0.717, 1.165) is 55.9 Å². The molecule has 1 N–H and O–H groups in total. The molecular formula is C27H31FN2O4. The first kappa shape index (κ1) is 21.9. The molecule has 1 aliphatic heterocycles. The molecule has 5 saturated carbocycles. The first-order valence-electron chi connectivity index (χ1n) is 12.8. The summed E-state index contributed by atoms with van der Waals surface area (Å²) in [6, 6.07) is 4.63. The first-order chi connectivity index (χ1) is 16.4. The van der Waals surface area contributed by atoms with Crippen molar-refractivity contribution in [2.75, 3.05) is 13.2 Å². The molecule has 0 radical (unpaired) electrons. The molecule has 7 heteroatoms. The standard InChI is InChI=1S/C27H31FN2O4/c28-22-12-24(34-14-27(13-29)18-7-15-6-16(9-18)10-19(27)8-15)20(17-3-4-17)11-21(22)25(31)30-5-1-2-23(30)26(32)33/h11-12,15-19,23H,1-10,14H2,(H,32,33). The van der Waals surface area contributed by atoms with Gasteiger partial charge in [0.05, 0.1) is 17.0 Å². The molecule has 4 bridgehead atoms. The second-order valence-electron chi connectivity index (χ2n) is 11.4. The normalized spacial score (nSPS) is 35.9. The van der Waals surface area contributed by atoms with Crippen LogP contribution in [-0.4, -0.2) is 41.1 Å². The zero-order chi connectivity index (χ0) is 23.6. The predicted octanol–water partition coefficient (Wildman–Crippen LogP) is 4.74. The SMILES string of the molecule is N#CC1(COc2cc(F)c(C(=O)N3CCCC3C(=O)O)cc2C2CC2)C2CC3CC(C2)CC1C3. The number of hydrogen-bond acceptors (Lipinski definition) is 4. The van der Waals surface area contributed by atoms with E-state index >= 15 is 4.39 Å². The Kier molecular flexibility index (Phi) is 5.13. The number of hydrogen-bond donors (Lipinski definition) is 1. The summed E-state index contributed by atoms with van der Waals surface area (Å²) >= 11 is 0. The summed E-state index contributed by atoms with van der Waals surface area (Å²) in [6.45, 7) is 0.597. The molecule has 1 saturated heterocycles. The van der Waals surface area contributed by atoms with Gasteiger partial charge >= 0.3 is 5.97 Å². The highest BCUT2D eigenvalue weighted by atomic mass is 19.1. The number of amides is 1. The molecular weight excluding hydrogens is 435 g/mol. The van der Waals surface area contributed by atoms with Crippen LogP contribution in [0.3, 0.4) is 0 Å². The summed E-state index contributed by atoms with van der Waals surface area (Å²) in [6.07, 6.45) is 8.60. The molecule has 0 spiro atoms. The van der Waals surface area contributed by atoms with E-state index in [1.54, 1.807) is 6.07 Å². The number of aliphatic carboxylic acids is 1. The van der Waals surface area contributed by atoms with Crippen molar-refractivity contribution in [2.24, 2.45) is 29.1 Å². The van der Waals surface area contributed by atoms with Gasteiger partial charge in [-0.2, -0.15) is 5.26 Å². The fourth-order valence-electron chi connectivity index (χ4n) is 7.67. The third-order valence-corrected chi connectivity index (χ3v) is 9.42. The third-order valence-electron chi connectivity index (χ3n) is 9.42. The largest absolute Gasteiger partial charge is 0.491 e. The van der Waals surface area contributed by atoms with E-state index in [1.807, 2.05) is 0 Å². The van der Waals surface area contributed by atoms with Gasteiger partial charge in [0.2, 0.25) is 0 Å². The van der Waals surface area contributed by atoms with Crippen LogP contribution in [0.5, 0.6) is 5.75 Å². The summed E-state index contributed by atoms with van der Waals surface area (Å²) < 4.78 is 21.5. The smallest absolute Gasteiger partial charge is 0.326 e. The lowest BCUT2D eigenvalue weighted by Gasteiger charge is -2.58. The number of ether oxygens (including phenoxy) is 1. The minimum Gasteiger partial charge on any atom is -0.491 e. The zero-order valence-corrected chi connectivity index (χ0v) is 19.3. The number of nitrogens with zero attached hydrogens (tertiary/aromatic N) is 2. The maximum atomic E-state index is 15.2. The molecule has 7 rings (SSSR count). The Balaban J connectivity index is 1.27. The number of halogens is 1. The van der Waals surface area contributed by atoms with E-state index in [1.165, 1.54) is 17.4 Å². The van der Waals surface area contributed by atoms with Gasteiger partial charge in [0.1, 0.15) is 24.2 Å². The van der Waals surface area contributed by atoms with Crippen LogP contribution in [0.15, 0.2) is 12.1 Å². The van der Waals surface area contributed by atoms with Gasteiger partial charge < -0.3 is 14.7 Å². The fraction of sp³-hybridized carbons (Fsp3) is 0.667. The van der Waals surface area contributed by atoms with Crippen LogP contribution in [-0.2, 0) is 4.79 Å². The van der Waals surface area contributed by atoms with Gasteiger partial charge in [-0.25, -0.2) is 9.18 Å². The summed E-state index contributed by atoms with van der Waals surface area (Å²) in [5.41, 5.74) is 0.225. The fourth-order valence-corrected chi connectivity index (χ4v) is 7.67. The van der Waals surface area contributed by atoms with Crippen LogP contribution in [0.1, 0.15) is 79.6 Å². The van der Waals surface area contributed by atoms with E-state index in [0.29, 0.717) is 37.0 Å². The number of carbonyl (C=O) groups is 2. The lowest BCUT2D eigenvalue weighted by molar-refractivity contribution is -0.141. The summed E-state index contributed by atoms with van der Waals surface area (Å²) in [5.74, 6) is 0.554. The molecule has 1 heterocycles. The second kappa shape index (κ2) is 7.96. The van der Waals surface area contributed by atoms with Crippen molar-refractivity contribution in [3.63, 3.8) is 0 Å². The molecule has 5 aliphatic carbocycles. The van der Waals surface area contributed by atoms with Crippen molar-refractivity contribution in [1.82, 2.24) is 4.90 Å². The Morgan fingerprint density at radius 3 is 2.38 bits per heavy atom. The highest BCUT2D eigenvalue weighted by molar-refractivity contribution is 5.97. The number of carboxylic acids is 1. The molecule has 34 heavy (non-hydrogen) atoms. The molecule has 0 aromatic heterocycles. The topological polar surface area (TPSA) is 90.6 Å². The number of likely N-dealkylation sites (tertiary alicyclic amines) is 1. The molecule has 180 valence electrons.